The molecule has 26 heavy (non-hydrogen) atoms. The Balaban J connectivity index is 1.59. The predicted molar refractivity (Wildman–Crippen MR) is 97.8 cm³/mol. The number of carbonyl (C=O) groups excluding carboxylic acids is 2. The number of hydrogen-bond acceptors (Lipinski definition) is 3. The Morgan fingerprint density at radius 3 is 2.54 bits per heavy atom. The van der Waals surface area contributed by atoms with Crippen LogP contribution < -0.4 is 5.32 Å². The van der Waals surface area contributed by atoms with E-state index in [0.717, 1.165) is 17.7 Å². The molecule has 2 aromatic rings. The fraction of sp³-hybridized carbons (Fsp3) is 0.316. The molecule has 1 aromatic heterocycles. The number of anilines is 1. The van der Waals surface area contributed by atoms with Crippen molar-refractivity contribution in [3.63, 3.8) is 0 Å². The van der Waals surface area contributed by atoms with Gasteiger partial charge in [0.25, 0.3) is 5.91 Å². The van der Waals surface area contributed by atoms with Gasteiger partial charge in [0, 0.05) is 38.1 Å². The number of nitrogens with one attached hydrogen (secondary N) is 2. The van der Waals surface area contributed by atoms with Crippen LogP contribution in [0.4, 0.5) is 10.5 Å². The van der Waals surface area contributed by atoms with Gasteiger partial charge in [-0.25, -0.2) is 4.79 Å². The lowest BCUT2D eigenvalue weighted by molar-refractivity contribution is 0.0666. The molecule has 2 heterocycles. The maximum absolute atomic E-state index is 12.5. The zero-order chi connectivity index (χ0) is 18.5. The molecule has 134 valence electrons. The molecule has 7 heteroatoms. The molecule has 0 atom stereocenters. The van der Waals surface area contributed by atoms with Gasteiger partial charge in [0.15, 0.2) is 0 Å². The highest BCUT2D eigenvalue weighted by Gasteiger charge is 2.25. The summed E-state index contributed by atoms with van der Waals surface area (Å²) < 4.78 is 0. The lowest BCUT2D eigenvalue weighted by Gasteiger charge is -2.34. The first-order chi connectivity index (χ1) is 12.6. The normalized spacial score (nSPS) is 14.0. The highest BCUT2D eigenvalue weighted by atomic mass is 16.2. The van der Waals surface area contributed by atoms with E-state index in [-0.39, 0.29) is 11.9 Å². The maximum atomic E-state index is 12.5. The smallest absolute Gasteiger partial charge is 0.321 e. The molecule has 1 aromatic carbocycles. The number of H-pyrrole nitrogens is 1. The van der Waals surface area contributed by atoms with E-state index in [1.54, 1.807) is 46.3 Å². The van der Waals surface area contributed by atoms with E-state index in [2.05, 4.69) is 16.4 Å². The zero-order valence-corrected chi connectivity index (χ0v) is 14.7. The molecule has 0 aliphatic carbocycles. The molecule has 0 radical (unpaired) electrons. The molecule has 0 bridgehead atoms. The molecule has 1 aliphatic rings. The Hall–Kier alpha value is -3.27. The topological polar surface area (TPSA) is 92.2 Å². The van der Waals surface area contributed by atoms with Crippen molar-refractivity contribution in [3.8, 4) is 6.07 Å². The van der Waals surface area contributed by atoms with Gasteiger partial charge in [0.05, 0.1) is 11.6 Å². The summed E-state index contributed by atoms with van der Waals surface area (Å²) in [6.07, 6.45) is 2.45. The van der Waals surface area contributed by atoms with E-state index in [1.807, 2.05) is 6.92 Å². The monoisotopic (exact) mass is 351 g/mol. The molecule has 0 saturated carbocycles. The summed E-state index contributed by atoms with van der Waals surface area (Å²) in [6.45, 7) is 3.95. The molecule has 3 rings (SSSR count). The number of nitrogens with zero attached hydrogens (tertiary/aromatic N) is 3. The summed E-state index contributed by atoms with van der Waals surface area (Å²) in [5.41, 5.74) is 2.80. The third-order valence-corrected chi connectivity index (χ3v) is 4.54. The van der Waals surface area contributed by atoms with Gasteiger partial charge in [-0.1, -0.05) is 6.92 Å². The lowest BCUT2D eigenvalue weighted by atomic mass is 10.1. The van der Waals surface area contributed by atoms with Crippen LogP contribution in [0.15, 0.2) is 36.5 Å². The minimum absolute atomic E-state index is 0.0459. The molecule has 7 nitrogen and oxygen atoms in total. The third kappa shape index (κ3) is 3.70. The second-order valence-electron chi connectivity index (χ2n) is 6.13. The molecule has 0 spiro atoms. The van der Waals surface area contributed by atoms with Gasteiger partial charge < -0.3 is 20.1 Å². The zero-order valence-electron chi connectivity index (χ0n) is 14.7. The van der Waals surface area contributed by atoms with Gasteiger partial charge in [-0.3, -0.25) is 4.79 Å². The molecule has 1 fully saturated rings. The molecule has 1 saturated heterocycles. The Labute approximate surface area is 152 Å². The van der Waals surface area contributed by atoms with Gasteiger partial charge in [0.2, 0.25) is 0 Å². The molecule has 2 N–H and O–H groups in total. The van der Waals surface area contributed by atoms with Crippen LogP contribution in [0.3, 0.4) is 0 Å². The summed E-state index contributed by atoms with van der Waals surface area (Å²) in [4.78, 5) is 31.2. The Bertz CT molecular complexity index is 830. The first-order valence-corrected chi connectivity index (χ1v) is 8.64. The number of carbonyl (C=O) groups is 2. The third-order valence-electron chi connectivity index (χ3n) is 4.54. The number of aryl methyl sites for hydroxylation is 1. The molecule has 0 unspecified atom stereocenters. The van der Waals surface area contributed by atoms with E-state index >= 15 is 0 Å². The number of urea groups is 1. The van der Waals surface area contributed by atoms with Crippen LogP contribution in [-0.4, -0.2) is 52.9 Å². The van der Waals surface area contributed by atoms with Crippen LogP contribution in [0.25, 0.3) is 0 Å². The number of piperazine rings is 1. The van der Waals surface area contributed by atoms with Crippen molar-refractivity contribution in [1.29, 1.82) is 5.26 Å². The molecular formula is C19H21N5O2. The average Bonchev–Trinajstić information content (AvgIpc) is 3.22. The van der Waals surface area contributed by atoms with Crippen LogP contribution in [0.2, 0.25) is 0 Å². The summed E-state index contributed by atoms with van der Waals surface area (Å²) >= 11 is 0. The van der Waals surface area contributed by atoms with Crippen molar-refractivity contribution in [2.45, 2.75) is 13.3 Å². The van der Waals surface area contributed by atoms with Crippen molar-refractivity contribution < 1.29 is 9.59 Å². The number of nitriles is 1. The van der Waals surface area contributed by atoms with Crippen LogP contribution >= 0.6 is 0 Å². The van der Waals surface area contributed by atoms with Gasteiger partial charge in [-0.15, -0.1) is 0 Å². The minimum Gasteiger partial charge on any atom is -0.357 e. The highest BCUT2D eigenvalue weighted by Crippen LogP contribution is 2.19. The van der Waals surface area contributed by atoms with Crippen molar-refractivity contribution >= 4 is 17.6 Å². The van der Waals surface area contributed by atoms with E-state index in [1.165, 1.54) is 0 Å². The SMILES string of the molecule is CCc1cc(C#N)ccc1NC(=O)N1CCN(C(=O)c2ccc[nH]2)CC1. The van der Waals surface area contributed by atoms with Gasteiger partial charge in [-0.05, 0) is 42.3 Å². The summed E-state index contributed by atoms with van der Waals surface area (Å²) in [7, 11) is 0. The summed E-state index contributed by atoms with van der Waals surface area (Å²) in [6, 6.07) is 10.7. The predicted octanol–water partition coefficient (Wildman–Crippen LogP) is 2.44. The number of rotatable bonds is 3. The fourth-order valence-electron chi connectivity index (χ4n) is 3.02. The number of aromatic nitrogens is 1. The van der Waals surface area contributed by atoms with E-state index in [0.29, 0.717) is 37.4 Å². The van der Waals surface area contributed by atoms with Gasteiger partial charge in [0.1, 0.15) is 5.69 Å². The van der Waals surface area contributed by atoms with Crippen LogP contribution in [-0.2, 0) is 6.42 Å². The van der Waals surface area contributed by atoms with Crippen LogP contribution in [0, 0.1) is 11.3 Å². The first kappa shape index (κ1) is 17.5. The number of amides is 3. The minimum atomic E-state index is -0.184. The van der Waals surface area contributed by atoms with Gasteiger partial charge in [-0.2, -0.15) is 5.26 Å². The standard InChI is InChI=1S/C19H21N5O2/c1-2-15-12-14(13-20)5-6-16(15)22-19(26)24-10-8-23(9-11-24)18(25)17-4-3-7-21-17/h3-7,12,21H,2,8-11H2,1H3,(H,22,26). The molecule has 1 aliphatic heterocycles. The van der Waals surface area contributed by atoms with E-state index in [9.17, 15) is 9.59 Å². The Kier molecular flexibility index (Phi) is 5.23. The van der Waals surface area contributed by atoms with Crippen LogP contribution in [0.5, 0.6) is 0 Å². The summed E-state index contributed by atoms with van der Waals surface area (Å²) in [5, 5.41) is 11.9. The number of hydrogen-bond donors (Lipinski definition) is 2. The lowest BCUT2D eigenvalue weighted by Crippen LogP contribution is -2.51. The first-order valence-electron chi connectivity index (χ1n) is 8.64. The van der Waals surface area contributed by atoms with Crippen molar-refractivity contribution in [1.82, 2.24) is 14.8 Å². The molecular weight excluding hydrogens is 330 g/mol. The van der Waals surface area contributed by atoms with Crippen molar-refractivity contribution in [2.75, 3.05) is 31.5 Å². The quantitative estimate of drug-likeness (QED) is 0.889. The summed E-state index contributed by atoms with van der Waals surface area (Å²) in [5.74, 6) is -0.0459. The highest BCUT2D eigenvalue weighted by molar-refractivity contribution is 5.93. The Morgan fingerprint density at radius 1 is 1.19 bits per heavy atom. The average molecular weight is 351 g/mol. The van der Waals surface area contributed by atoms with Crippen molar-refractivity contribution in [2.24, 2.45) is 0 Å². The number of benzene rings is 1. The van der Waals surface area contributed by atoms with E-state index < -0.39 is 0 Å². The second-order valence-corrected chi connectivity index (χ2v) is 6.13. The second kappa shape index (κ2) is 7.74. The molecule has 3 amide bonds. The maximum Gasteiger partial charge on any atom is 0.321 e. The Morgan fingerprint density at radius 2 is 1.92 bits per heavy atom. The van der Waals surface area contributed by atoms with E-state index in [4.69, 9.17) is 5.26 Å². The number of aromatic amines is 1. The largest absolute Gasteiger partial charge is 0.357 e. The van der Waals surface area contributed by atoms with Crippen LogP contribution in [0.1, 0.15) is 28.5 Å². The van der Waals surface area contributed by atoms with Crippen molar-refractivity contribution in [3.05, 3.63) is 53.3 Å². The fourth-order valence-corrected chi connectivity index (χ4v) is 3.02. The van der Waals surface area contributed by atoms with Gasteiger partial charge >= 0.3 is 6.03 Å².